The van der Waals surface area contributed by atoms with E-state index in [1.165, 1.54) is 12.5 Å². The van der Waals surface area contributed by atoms with Crippen LogP contribution in [-0.4, -0.2) is 23.8 Å². The van der Waals surface area contributed by atoms with Crippen molar-refractivity contribution in [1.29, 1.82) is 0 Å². The van der Waals surface area contributed by atoms with Gasteiger partial charge in [-0.25, -0.2) is 0 Å². The third-order valence-electron chi connectivity index (χ3n) is 4.74. The van der Waals surface area contributed by atoms with Crippen molar-refractivity contribution < 1.29 is 14.4 Å². The molecule has 2 aromatic rings. The maximum Gasteiger partial charge on any atom is 0.251 e. The zero-order valence-electron chi connectivity index (χ0n) is 18.1. The molecule has 0 aromatic heterocycles. The lowest BCUT2D eigenvalue weighted by Crippen LogP contribution is -2.47. The van der Waals surface area contributed by atoms with E-state index < -0.39 is 6.04 Å². The van der Waals surface area contributed by atoms with Crippen LogP contribution >= 0.6 is 0 Å². The summed E-state index contributed by atoms with van der Waals surface area (Å²) in [5.41, 5.74) is 2.98. The summed E-state index contributed by atoms with van der Waals surface area (Å²) in [6.07, 6.45) is 3.24. The first-order chi connectivity index (χ1) is 14.3. The molecule has 0 aliphatic carbocycles. The van der Waals surface area contributed by atoms with Gasteiger partial charge in [0.15, 0.2) is 0 Å². The number of rotatable bonds is 9. The van der Waals surface area contributed by atoms with Crippen LogP contribution in [0, 0.1) is 5.92 Å². The zero-order chi connectivity index (χ0) is 22.1. The second-order valence-electron chi connectivity index (χ2n) is 7.74. The highest BCUT2D eigenvalue weighted by atomic mass is 16.2. The van der Waals surface area contributed by atoms with Crippen molar-refractivity contribution in [1.82, 2.24) is 5.32 Å². The van der Waals surface area contributed by atoms with Crippen LogP contribution < -0.4 is 16.0 Å². The molecule has 0 spiro atoms. The molecule has 160 valence electrons. The maximum atomic E-state index is 12.8. The lowest BCUT2D eigenvalue weighted by molar-refractivity contribution is -0.119. The highest BCUT2D eigenvalue weighted by molar-refractivity contribution is 6.01. The number of anilines is 2. The monoisotopic (exact) mass is 409 g/mol. The largest absolute Gasteiger partial charge is 0.340 e. The van der Waals surface area contributed by atoms with Crippen LogP contribution in [0.3, 0.4) is 0 Å². The molecule has 1 atom stereocenters. The first-order valence-corrected chi connectivity index (χ1v) is 10.4. The molecule has 30 heavy (non-hydrogen) atoms. The van der Waals surface area contributed by atoms with E-state index in [9.17, 15) is 14.4 Å². The zero-order valence-corrected chi connectivity index (χ0v) is 18.1. The minimum absolute atomic E-state index is 0.0866. The van der Waals surface area contributed by atoms with Gasteiger partial charge in [0.05, 0.1) is 0 Å². The summed E-state index contributed by atoms with van der Waals surface area (Å²) in [5.74, 6) is -0.804. The molecule has 2 rings (SSSR count). The summed E-state index contributed by atoms with van der Waals surface area (Å²) in [6, 6.07) is 13.7. The third kappa shape index (κ3) is 7.03. The highest BCUT2D eigenvalue weighted by Gasteiger charge is 2.24. The van der Waals surface area contributed by atoms with Gasteiger partial charge in [-0.05, 0) is 60.7 Å². The van der Waals surface area contributed by atoms with Crippen LogP contribution in [0.25, 0.3) is 0 Å². The molecule has 0 heterocycles. The second-order valence-corrected chi connectivity index (χ2v) is 7.74. The lowest BCUT2D eigenvalue weighted by atomic mass is 10.0. The molecule has 0 radical (unpaired) electrons. The first kappa shape index (κ1) is 23.1. The van der Waals surface area contributed by atoms with Crippen LogP contribution in [0.1, 0.15) is 56.5 Å². The van der Waals surface area contributed by atoms with Gasteiger partial charge in [0, 0.05) is 23.9 Å². The summed E-state index contributed by atoms with van der Waals surface area (Å²) in [6.45, 7) is 7.36. The number of unbranched alkanes of at least 4 members (excludes halogenated alkanes) is 1. The quantitative estimate of drug-likeness (QED) is 0.574. The van der Waals surface area contributed by atoms with Gasteiger partial charge in [0.1, 0.15) is 6.04 Å². The van der Waals surface area contributed by atoms with Crippen molar-refractivity contribution in [2.45, 2.75) is 53.0 Å². The SMILES string of the molecule is CCCCc1ccc(C(=O)NC(C(=O)Nc2ccc(NC(C)=O)cc2)C(C)C)cc1. The normalized spacial score (nSPS) is 11.6. The number of hydrogen-bond donors (Lipinski definition) is 3. The van der Waals surface area contributed by atoms with Crippen molar-refractivity contribution in [3.8, 4) is 0 Å². The van der Waals surface area contributed by atoms with E-state index in [4.69, 9.17) is 0 Å². The van der Waals surface area contributed by atoms with Gasteiger partial charge in [0.2, 0.25) is 11.8 Å². The predicted molar refractivity (Wildman–Crippen MR) is 121 cm³/mol. The van der Waals surface area contributed by atoms with Gasteiger partial charge < -0.3 is 16.0 Å². The minimum atomic E-state index is -0.674. The van der Waals surface area contributed by atoms with Crippen LogP contribution in [-0.2, 0) is 16.0 Å². The van der Waals surface area contributed by atoms with Crippen LogP contribution in [0.15, 0.2) is 48.5 Å². The number of nitrogens with one attached hydrogen (secondary N) is 3. The molecule has 3 N–H and O–H groups in total. The van der Waals surface area contributed by atoms with E-state index in [0.717, 1.165) is 19.3 Å². The Bertz CT molecular complexity index is 858. The standard InChI is InChI=1S/C24H31N3O3/c1-5-6-7-18-8-10-19(11-9-18)23(29)27-22(16(2)3)24(30)26-21-14-12-20(13-15-21)25-17(4)28/h8-16,22H,5-7H2,1-4H3,(H,25,28)(H,26,30)(H,27,29). The third-order valence-corrected chi connectivity index (χ3v) is 4.74. The molecule has 3 amide bonds. The van der Waals surface area contributed by atoms with E-state index in [1.807, 2.05) is 26.0 Å². The molecule has 6 heteroatoms. The molecule has 6 nitrogen and oxygen atoms in total. The number of carbonyl (C=O) groups excluding carboxylic acids is 3. The number of carbonyl (C=O) groups is 3. The molecule has 1 unspecified atom stereocenters. The van der Waals surface area contributed by atoms with E-state index in [0.29, 0.717) is 16.9 Å². The van der Waals surface area contributed by atoms with E-state index in [1.54, 1.807) is 36.4 Å². The maximum absolute atomic E-state index is 12.8. The Morgan fingerprint density at radius 1 is 0.867 bits per heavy atom. The average molecular weight is 410 g/mol. The number of amides is 3. The molecule has 0 fully saturated rings. The minimum Gasteiger partial charge on any atom is -0.340 e. The van der Waals surface area contributed by atoms with Crippen LogP contribution in [0.5, 0.6) is 0 Å². The summed E-state index contributed by atoms with van der Waals surface area (Å²) >= 11 is 0. The van der Waals surface area contributed by atoms with Crippen LogP contribution in [0.2, 0.25) is 0 Å². The fourth-order valence-corrected chi connectivity index (χ4v) is 3.02. The van der Waals surface area contributed by atoms with E-state index in [2.05, 4.69) is 22.9 Å². The first-order valence-electron chi connectivity index (χ1n) is 10.4. The Labute approximate surface area is 178 Å². The Kier molecular flexibility index (Phi) is 8.59. The van der Waals surface area contributed by atoms with Gasteiger partial charge in [-0.3, -0.25) is 14.4 Å². The molecule has 0 aliphatic heterocycles. The van der Waals surface area contributed by atoms with Gasteiger partial charge >= 0.3 is 0 Å². The number of aryl methyl sites for hydroxylation is 1. The summed E-state index contributed by atoms with van der Waals surface area (Å²) in [7, 11) is 0. The smallest absolute Gasteiger partial charge is 0.251 e. The lowest BCUT2D eigenvalue weighted by Gasteiger charge is -2.22. The average Bonchev–Trinajstić information content (AvgIpc) is 2.71. The highest BCUT2D eigenvalue weighted by Crippen LogP contribution is 2.15. The van der Waals surface area contributed by atoms with Gasteiger partial charge in [-0.15, -0.1) is 0 Å². The topological polar surface area (TPSA) is 87.3 Å². The molecular weight excluding hydrogens is 378 g/mol. The number of hydrogen-bond acceptors (Lipinski definition) is 3. The van der Waals surface area contributed by atoms with Crippen LogP contribution in [0.4, 0.5) is 11.4 Å². The molecule has 0 bridgehead atoms. The molecule has 0 saturated carbocycles. The molecule has 0 saturated heterocycles. The predicted octanol–water partition coefficient (Wildman–Crippen LogP) is 4.38. The second kappa shape index (κ2) is 11.1. The van der Waals surface area contributed by atoms with E-state index in [-0.39, 0.29) is 23.6 Å². The summed E-state index contributed by atoms with van der Waals surface area (Å²) in [5, 5.41) is 8.35. The molecule has 0 aliphatic rings. The molecule has 2 aromatic carbocycles. The Balaban J connectivity index is 2.01. The van der Waals surface area contributed by atoms with Crippen molar-refractivity contribution in [3.05, 3.63) is 59.7 Å². The van der Waals surface area contributed by atoms with Crippen molar-refractivity contribution >= 4 is 29.1 Å². The van der Waals surface area contributed by atoms with Gasteiger partial charge in [-0.2, -0.15) is 0 Å². The van der Waals surface area contributed by atoms with Crippen molar-refractivity contribution in [2.24, 2.45) is 5.92 Å². The fraction of sp³-hybridized carbons (Fsp3) is 0.375. The Morgan fingerprint density at radius 2 is 1.43 bits per heavy atom. The van der Waals surface area contributed by atoms with Crippen molar-refractivity contribution in [2.75, 3.05) is 10.6 Å². The summed E-state index contributed by atoms with van der Waals surface area (Å²) in [4.78, 5) is 36.5. The van der Waals surface area contributed by atoms with Crippen molar-refractivity contribution in [3.63, 3.8) is 0 Å². The van der Waals surface area contributed by atoms with E-state index >= 15 is 0 Å². The van der Waals surface area contributed by atoms with Gasteiger partial charge in [0.25, 0.3) is 5.91 Å². The fourth-order valence-electron chi connectivity index (χ4n) is 3.02. The summed E-state index contributed by atoms with van der Waals surface area (Å²) < 4.78 is 0. The number of benzene rings is 2. The van der Waals surface area contributed by atoms with Gasteiger partial charge in [-0.1, -0.05) is 39.3 Å². The Hall–Kier alpha value is -3.15. The molecular formula is C24H31N3O3. The Morgan fingerprint density at radius 3 is 1.93 bits per heavy atom.